The van der Waals surface area contributed by atoms with Gasteiger partial charge in [-0.2, -0.15) is 0 Å². The Bertz CT molecular complexity index is 3000. The van der Waals surface area contributed by atoms with Crippen molar-refractivity contribution in [2.24, 2.45) is 0 Å². The molecule has 0 nitrogen and oxygen atoms in total. The van der Waals surface area contributed by atoms with Crippen molar-refractivity contribution in [3.05, 3.63) is 207 Å². The van der Waals surface area contributed by atoms with E-state index < -0.39 is 16.1 Å². The summed E-state index contributed by atoms with van der Waals surface area (Å²) in [4.78, 5) is 0. The molecule has 0 amide bonds. The van der Waals surface area contributed by atoms with Gasteiger partial charge >= 0.3 is 0 Å². The minimum absolute atomic E-state index is 0.487. The van der Waals surface area contributed by atoms with Crippen molar-refractivity contribution in [3.63, 3.8) is 0 Å². The van der Waals surface area contributed by atoms with Gasteiger partial charge in [0.05, 0.1) is 16.1 Å². The third-order valence-electron chi connectivity index (χ3n) is 17.2. The molecule has 0 bridgehead atoms. The van der Waals surface area contributed by atoms with Crippen LogP contribution >= 0.6 is 31.9 Å². The lowest BCUT2D eigenvalue weighted by Gasteiger charge is -2.39. The predicted molar refractivity (Wildman–Crippen MR) is 329 cm³/mol. The summed E-state index contributed by atoms with van der Waals surface area (Å²) in [7, 11) is -3.77. The maximum Gasteiger partial charge on any atom is 0.0722 e. The Balaban J connectivity index is 0.000000185. The molecule has 0 fully saturated rings. The minimum atomic E-state index is -1.97. The Labute approximate surface area is 453 Å². The van der Waals surface area contributed by atoms with E-state index in [9.17, 15) is 0 Å². The van der Waals surface area contributed by atoms with E-state index in [4.69, 9.17) is 0 Å². The van der Waals surface area contributed by atoms with Crippen molar-refractivity contribution in [1.82, 2.24) is 0 Å². The summed E-state index contributed by atoms with van der Waals surface area (Å²) in [5.41, 5.74) is 31.4. The molecule has 0 spiro atoms. The van der Waals surface area contributed by atoms with E-state index in [0.717, 1.165) is 0 Å². The largest absolute Gasteiger partial charge is 0.0722 e. The fraction of sp³-hybridized carbons (Fsp3) is 0.353. The Hall–Kier alpha value is -4.33. The Morgan fingerprint density at radius 2 is 0.597 bits per heavy atom. The molecule has 4 atom stereocenters. The van der Waals surface area contributed by atoms with Gasteiger partial charge in [0, 0.05) is 31.1 Å². The number of benzene rings is 6. The molecule has 0 saturated carbocycles. The molecule has 0 radical (unpaired) electrons. The average Bonchev–Trinajstić information content (AvgIpc) is 4.07. The lowest BCUT2D eigenvalue weighted by atomic mass is 9.90. The van der Waals surface area contributed by atoms with E-state index in [0.29, 0.717) is 45.8 Å². The van der Waals surface area contributed by atoms with E-state index in [-0.39, 0.29) is 0 Å². The van der Waals surface area contributed by atoms with E-state index in [1.165, 1.54) is 86.9 Å². The van der Waals surface area contributed by atoms with Crippen LogP contribution in [0, 0.1) is 0 Å². The van der Waals surface area contributed by atoms with E-state index >= 15 is 0 Å². The maximum atomic E-state index is 3.90. The van der Waals surface area contributed by atoms with Gasteiger partial charge in [-0.25, -0.2) is 0 Å². The van der Waals surface area contributed by atoms with Gasteiger partial charge in [-0.3, -0.25) is 0 Å². The van der Waals surface area contributed by atoms with Crippen LogP contribution in [0.1, 0.15) is 196 Å². The number of fused-ring (bicyclic) bond motifs is 4. The van der Waals surface area contributed by atoms with Gasteiger partial charge < -0.3 is 0 Å². The third-order valence-corrected chi connectivity index (χ3v) is 27.5. The number of allylic oxidation sites excluding steroid dienone is 4. The van der Waals surface area contributed by atoms with Gasteiger partial charge in [0.15, 0.2) is 0 Å². The van der Waals surface area contributed by atoms with Crippen molar-refractivity contribution in [2.75, 3.05) is 0 Å². The van der Waals surface area contributed by atoms with Gasteiger partial charge in [-0.1, -0.05) is 257 Å². The first-order valence-corrected chi connectivity index (χ1v) is 34.8. The molecular weight excluding hydrogens is 1030 g/mol. The molecule has 4 unspecified atom stereocenters. The molecule has 0 heterocycles. The predicted octanol–water partition coefficient (Wildman–Crippen LogP) is 21.7. The zero-order valence-corrected chi connectivity index (χ0v) is 51.2. The summed E-state index contributed by atoms with van der Waals surface area (Å²) in [6, 6.07) is 41.7. The summed E-state index contributed by atoms with van der Waals surface area (Å²) in [5.74, 6) is 2.05. The quantitative estimate of drug-likeness (QED) is 0.120. The monoisotopic (exact) mass is 1110 g/mol. The van der Waals surface area contributed by atoms with Crippen LogP contribution in [0.25, 0.3) is 46.6 Å². The number of halogens is 2. The second kappa shape index (κ2) is 20.1. The molecule has 372 valence electrons. The van der Waals surface area contributed by atoms with Gasteiger partial charge in [-0.05, 0) is 153 Å². The Morgan fingerprint density at radius 1 is 0.347 bits per heavy atom. The first kappa shape index (κ1) is 52.5. The SMILES string of the molecule is CC1=Cc2c(-c3ccccc3)cc(C(C)C)cc2C1[Si](C)(C)C1C(C)=Cc2c(-c3ccccc3)cc(C(C)C)cc21.CC1=Cc2c(Br)cc(C(C)C)cc2C1[Si](C)(C)C1C(C)=Cc2c(Br)cc(C(C)C)cc21. The number of hydrogen-bond acceptors (Lipinski definition) is 0. The minimum Gasteiger partial charge on any atom is -0.0679 e. The summed E-state index contributed by atoms with van der Waals surface area (Å²) >= 11 is 7.80. The zero-order chi connectivity index (χ0) is 51.9. The molecule has 10 rings (SSSR count). The van der Waals surface area contributed by atoms with Gasteiger partial charge in [0.1, 0.15) is 0 Å². The highest BCUT2D eigenvalue weighted by molar-refractivity contribution is 9.10. The summed E-state index contributed by atoms with van der Waals surface area (Å²) < 4.78 is 2.51. The summed E-state index contributed by atoms with van der Waals surface area (Å²) in [5, 5.41) is 0. The number of hydrogen-bond donors (Lipinski definition) is 0. The lowest BCUT2D eigenvalue weighted by Crippen LogP contribution is -2.42. The van der Waals surface area contributed by atoms with Gasteiger partial charge in [-0.15, -0.1) is 0 Å². The molecule has 6 aromatic carbocycles. The van der Waals surface area contributed by atoms with Crippen LogP contribution in [0.15, 0.2) is 140 Å². The molecule has 0 saturated heterocycles. The van der Waals surface area contributed by atoms with Crippen LogP contribution in [0.4, 0.5) is 0 Å². The Kier molecular flexibility index (Phi) is 14.7. The Morgan fingerprint density at radius 3 is 0.875 bits per heavy atom. The molecule has 0 aromatic heterocycles. The van der Waals surface area contributed by atoms with Crippen LogP contribution in [-0.4, -0.2) is 16.1 Å². The van der Waals surface area contributed by atoms with Gasteiger partial charge in [0.2, 0.25) is 0 Å². The standard InChI is InChI=1S/C40H44Si.C28H34Br2Si/c1-25(2)31-21-33(29-15-11-9-12-16-29)35-19-27(5)39(37(35)23-31)41(7,8)40-28(6)20-36-34(30-17-13-10-14-18-30)22-32(26(3)4)24-38(36)40;1-15(2)19-11-23-21(25(29)13-19)9-17(5)27(23)31(7,8)28-18(6)10-22-24(28)12-20(16(3)4)14-26(22)30/h9-26,39-40H,1-8H3;9-16,27-28H,1-8H3. The van der Waals surface area contributed by atoms with Crippen molar-refractivity contribution in [2.45, 2.75) is 155 Å². The highest BCUT2D eigenvalue weighted by Crippen LogP contribution is 2.57. The highest BCUT2D eigenvalue weighted by Gasteiger charge is 2.49. The average molecular weight is 1110 g/mol. The third kappa shape index (κ3) is 9.32. The molecule has 6 aromatic rings. The van der Waals surface area contributed by atoms with Crippen molar-refractivity contribution in [3.8, 4) is 22.3 Å². The lowest BCUT2D eigenvalue weighted by molar-refractivity contribution is 0.855. The van der Waals surface area contributed by atoms with Crippen molar-refractivity contribution < 1.29 is 0 Å². The maximum absolute atomic E-state index is 3.90. The first-order chi connectivity index (χ1) is 34.0. The van der Waals surface area contributed by atoms with Crippen molar-refractivity contribution in [1.29, 1.82) is 0 Å². The smallest absolute Gasteiger partial charge is 0.0679 e. The molecule has 4 aliphatic rings. The summed E-state index contributed by atoms with van der Waals surface area (Å²) in [6.07, 6.45) is 9.93. The summed E-state index contributed by atoms with van der Waals surface area (Å²) in [6.45, 7) is 38.6. The molecule has 72 heavy (non-hydrogen) atoms. The molecular formula is C68H78Br2Si2. The van der Waals surface area contributed by atoms with Crippen LogP contribution in [0.3, 0.4) is 0 Å². The van der Waals surface area contributed by atoms with Crippen LogP contribution in [-0.2, 0) is 0 Å². The molecule has 0 aliphatic heterocycles. The van der Waals surface area contributed by atoms with E-state index in [2.05, 4.69) is 275 Å². The molecule has 0 N–H and O–H groups in total. The second-order valence-electron chi connectivity index (χ2n) is 24.4. The first-order valence-electron chi connectivity index (χ1n) is 26.9. The fourth-order valence-electron chi connectivity index (χ4n) is 13.9. The van der Waals surface area contributed by atoms with Crippen LogP contribution < -0.4 is 0 Å². The van der Waals surface area contributed by atoms with Crippen molar-refractivity contribution >= 4 is 72.3 Å². The van der Waals surface area contributed by atoms with Gasteiger partial charge in [0.25, 0.3) is 0 Å². The molecule has 4 aliphatic carbocycles. The van der Waals surface area contributed by atoms with Crippen LogP contribution in [0.5, 0.6) is 0 Å². The normalized spacial score (nSPS) is 19.0. The second-order valence-corrected chi connectivity index (χ2v) is 35.7. The fourth-order valence-corrected chi connectivity index (χ4v) is 24.9. The van der Waals surface area contributed by atoms with E-state index in [1.54, 1.807) is 33.4 Å². The zero-order valence-electron chi connectivity index (χ0n) is 46.1. The van der Waals surface area contributed by atoms with E-state index in [1.807, 2.05) is 0 Å². The highest BCUT2D eigenvalue weighted by atomic mass is 79.9. The van der Waals surface area contributed by atoms with Crippen LogP contribution in [0.2, 0.25) is 26.2 Å². The molecule has 4 heteroatoms. The topological polar surface area (TPSA) is 0 Å². The number of rotatable bonds is 10.